The predicted octanol–water partition coefficient (Wildman–Crippen LogP) is 4.07. The van der Waals surface area contributed by atoms with Crippen molar-refractivity contribution in [2.75, 3.05) is 5.48 Å². The van der Waals surface area contributed by atoms with Crippen LogP contribution in [-0.4, -0.2) is 33.2 Å². The van der Waals surface area contributed by atoms with E-state index in [0.717, 1.165) is 36.8 Å². The van der Waals surface area contributed by atoms with E-state index in [1.807, 2.05) is 0 Å². The Labute approximate surface area is 203 Å². The van der Waals surface area contributed by atoms with Gasteiger partial charge in [0.1, 0.15) is 40.9 Å². The zero-order valence-electron chi connectivity index (χ0n) is 20.0. The lowest BCUT2D eigenvalue weighted by atomic mass is 9.95. The number of ether oxygens (including phenoxy) is 2. The summed E-state index contributed by atoms with van der Waals surface area (Å²) in [5.74, 6) is 1.19. The molecule has 0 spiro atoms. The minimum atomic E-state index is -1.08. The van der Waals surface area contributed by atoms with E-state index in [1.165, 1.54) is 0 Å². The Morgan fingerprint density at radius 2 is 1.89 bits per heavy atom. The molecule has 3 aromatic rings. The molecule has 1 aliphatic heterocycles. The molecule has 0 bridgehead atoms. The largest absolute Gasteiger partial charge is 0.489 e. The van der Waals surface area contributed by atoms with Gasteiger partial charge in [-0.1, -0.05) is 12.1 Å². The van der Waals surface area contributed by atoms with Gasteiger partial charge in [-0.25, -0.2) is 0 Å². The quantitative estimate of drug-likeness (QED) is 0.373. The summed E-state index contributed by atoms with van der Waals surface area (Å²) in [6.45, 7) is 2.97. The topological polar surface area (TPSA) is 121 Å². The molecule has 1 saturated carbocycles. The lowest BCUT2D eigenvalue weighted by molar-refractivity contribution is -0.0229. The van der Waals surface area contributed by atoms with Crippen molar-refractivity contribution in [2.45, 2.75) is 76.8 Å². The van der Waals surface area contributed by atoms with E-state index < -0.39 is 18.3 Å². The van der Waals surface area contributed by atoms with Crippen LogP contribution in [0.15, 0.2) is 39.5 Å². The monoisotopic (exact) mass is 481 g/mol. The van der Waals surface area contributed by atoms with Crippen molar-refractivity contribution >= 4 is 16.7 Å². The molecule has 1 aliphatic carbocycles. The fourth-order valence-corrected chi connectivity index (χ4v) is 5.00. The summed E-state index contributed by atoms with van der Waals surface area (Å²) in [5.41, 5.74) is 3.55. The second kappa shape index (κ2) is 9.18. The normalized spacial score (nSPS) is 18.0. The van der Waals surface area contributed by atoms with Gasteiger partial charge in [0.15, 0.2) is 5.43 Å². The SMILES string of the molecule is CC(C)(O)[C@H]1Cc2c(cc3oc(CO)c(Cc4ccc(NO)cc4)c(=O)c3c2OC2CCCC2)O1. The lowest BCUT2D eigenvalue weighted by Gasteiger charge is -2.24. The molecule has 2 aromatic carbocycles. The van der Waals surface area contributed by atoms with Crippen molar-refractivity contribution in [1.29, 1.82) is 0 Å². The summed E-state index contributed by atoms with van der Waals surface area (Å²) < 4.78 is 18.6. The number of nitrogens with one attached hydrogen (secondary N) is 1. The summed E-state index contributed by atoms with van der Waals surface area (Å²) in [7, 11) is 0. The minimum Gasteiger partial charge on any atom is -0.489 e. The highest BCUT2D eigenvalue weighted by atomic mass is 16.5. The number of hydrogen-bond donors (Lipinski definition) is 4. The molecule has 2 aliphatic rings. The second-order valence-corrected chi connectivity index (χ2v) is 10.0. The number of rotatable bonds is 7. The highest BCUT2D eigenvalue weighted by molar-refractivity contribution is 5.88. The molecular weight excluding hydrogens is 450 g/mol. The number of anilines is 1. The van der Waals surface area contributed by atoms with Gasteiger partial charge in [0.25, 0.3) is 0 Å². The van der Waals surface area contributed by atoms with Gasteiger partial charge in [-0.15, -0.1) is 0 Å². The number of benzene rings is 2. The molecule has 35 heavy (non-hydrogen) atoms. The van der Waals surface area contributed by atoms with Gasteiger partial charge < -0.3 is 24.1 Å². The second-order valence-electron chi connectivity index (χ2n) is 10.0. The van der Waals surface area contributed by atoms with Crippen molar-refractivity contribution in [2.24, 2.45) is 0 Å². The molecule has 2 heterocycles. The van der Waals surface area contributed by atoms with E-state index in [4.69, 9.17) is 19.1 Å². The molecule has 1 fully saturated rings. The summed E-state index contributed by atoms with van der Waals surface area (Å²) in [6.07, 6.45) is 4.18. The van der Waals surface area contributed by atoms with Crippen LogP contribution in [0.25, 0.3) is 11.0 Å². The molecule has 5 rings (SSSR count). The molecule has 8 heteroatoms. The highest BCUT2D eigenvalue weighted by Gasteiger charge is 2.38. The lowest BCUT2D eigenvalue weighted by Crippen LogP contribution is -2.39. The first-order valence-corrected chi connectivity index (χ1v) is 12.1. The minimum absolute atomic E-state index is 0.00443. The molecule has 0 unspecified atom stereocenters. The van der Waals surface area contributed by atoms with Crippen LogP contribution in [0.3, 0.4) is 0 Å². The highest BCUT2D eigenvalue weighted by Crippen LogP contribution is 2.44. The third-order valence-corrected chi connectivity index (χ3v) is 7.02. The average molecular weight is 482 g/mol. The van der Waals surface area contributed by atoms with Crippen molar-refractivity contribution < 1.29 is 29.3 Å². The average Bonchev–Trinajstić information content (AvgIpc) is 3.50. The smallest absolute Gasteiger partial charge is 0.200 e. The van der Waals surface area contributed by atoms with Gasteiger partial charge in [0.2, 0.25) is 0 Å². The van der Waals surface area contributed by atoms with Crippen LogP contribution in [0.2, 0.25) is 0 Å². The zero-order valence-corrected chi connectivity index (χ0v) is 20.0. The first-order valence-electron chi connectivity index (χ1n) is 12.1. The van der Waals surface area contributed by atoms with Crippen molar-refractivity contribution in [1.82, 2.24) is 0 Å². The maximum atomic E-state index is 13.9. The van der Waals surface area contributed by atoms with E-state index in [9.17, 15) is 15.0 Å². The van der Waals surface area contributed by atoms with Crippen LogP contribution in [0, 0.1) is 0 Å². The Bertz CT molecular complexity index is 1280. The zero-order chi connectivity index (χ0) is 24.7. The fraction of sp³-hybridized carbons (Fsp3) is 0.444. The molecule has 0 radical (unpaired) electrons. The van der Waals surface area contributed by atoms with Crippen LogP contribution < -0.4 is 20.4 Å². The molecular formula is C27H31NO7. The number of aliphatic hydroxyl groups excluding tert-OH is 1. The number of fused-ring (bicyclic) bond motifs is 2. The van der Waals surface area contributed by atoms with Crippen molar-refractivity contribution in [3.8, 4) is 11.5 Å². The maximum absolute atomic E-state index is 13.9. The molecule has 1 aromatic heterocycles. The van der Waals surface area contributed by atoms with E-state index in [2.05, 4.69) is 5.48 Å². The summed E-state index contributed by atoms with van der Waals surface area (Å²) >= 11 is 0. The van der Waals surface area contributed by atoms with Crippen LogP contribution in [0.1, 0.15) is 62.0 Å². The predicted molar refractivity (Wildman–Crippen MR) is 130 cm³/mol. The van der Waals surface area contributed by atoms with E-state index in [1.54, 1.807) is 44.2 Å². The van der Waals surface area contributed by atoms with Gasteiger partial charge >= 0.3 is 0 Å². The first-order chi connectivity index (χ1) is 16.8. The third kappa shape index (κ3) is 4.49. The Hall–Kier alpha value is -3.07. The molecule has 8 nitrogen and oxygen atoms in total. The Kier molecular flexibility index (Phi) is 6.21. The van der Waals surface area contributed by atoms with Gasteiger partial charge in [-0.2, -0.15) is 0 Å². The first kappa shape index (κ1) is 23.7. The fourth-order valence-electron chi connectivity index (χ4n) is 5.00. The molecule has 186 valence electrons. The summed E-state index contributed by atoms with van der Waals surface area (Å²) in [6, 6.07) is 8.66. The van der Waals surface area contributed by atoms with Gasteiger partial charge in [-0.3, -0.25) is 15.5 Å². The van der Waals surface area contributed by atoms with E-state index in [0.29, 0.717) is 40.1 Å². The molecule has 0 saturated heterocycles. The van der Waals surface area contributed by atoms with Crippen molar-refractivity contribution in [3.05, 3.63) is 63.0 Å². The molecule has 4 N–H and O–H groups in total. The Balaban J connectivity index is 1.66. The van der Waals surface area contributed by atoms with Crippen LogP contribution in [0.5, 0.6) is 11.5 Å². The molecule has 1 atom stereocenters. The maximum Gasteiger partial charge on any atom is 0.200 e. The van der Waals surface area contributed by atoms with Gasteiger partial charge in [0, 0.05) is 30.0 Å². The van der Waals surface area contributed by atoms with Crippen LogP contribution >= 0.6 is 0 Å². The summed E-state index contributed by atoms with van der Waals surface area (Å²) in [5, 5.41) is 30.0. The van der Waals surface area contributed by atoms with E-state index in [-0.39, 0.29) is 23.7 Å². The van der Waals surface area contributed by atoms with Crippen molar-refractivity contribution in [3.63, 3.8) is 0 Å². The van der Waals surface area contributed by atoms with Crippen LogP contribution in [0.4, 0.5) is 5.69 Å². The number of aliphatic hydroxyl groups is 2. The van der Waals surface area contributed by atoms with Gasteiger partial charge in [-0.05, 0) is 57.2 Å². The standard InChI is InChI=1S/C27H31NO7/c1-27(2,31)23-12-19-20(35-23)13-21-24(26(19)33-17-5-3-4-6-17)25(30)18(22(14-29)34-21)11-15-7-9-16(28-32)10-8-15/h7-10,13,17,23,28-29,31-32H,3-6,11-12,14H2,1-2H3/t23-/m1/s1. The Morgan fingerprint density at radius 1 is 1.17 bits per heavy atom. The summed E-state index contributed by atoms with van der Waals surface area (Å²) in [4.78, 5) is 13.9. The molecule has 0 amide bonds. The number of hydrogen-bond acceptors (Lipinski definition) is 8. The van der Waals surface area contributed by atoms with Crippen LogP contribution in [-0.2, 0) is 19.4 Å². The van der Waals surface area contributed by atoms with Gasteiger partial charge in [0.05, 0.1) is 17.4 Å². The van der Waals surface area contributed by atoms with E-state index >= 15 is 0 Å². The third-order valence-electron chi connectivity index (χ3n) is 7.02. The Morgan fingerprint density at radius 3 is 2.51 bits per heavy atom.